The van der Waals surface area contributed by atoms with Gasteiger partial charge >= 0.3 is 0 Å². The van der Waals surface area contributed by atoms with Crippen LogP contribution in [0.2, 0.25) is 0 Å². The molecule has 1 saturated heterocycles. The van der Waals surface area contributed by atoms with E-state index in [0.717, 1.165) is 13.1 Å². The van der Waals surface area contributed by atoms with Crippen molar-refractivity contribution >= 4 is 17.4 Å². The fourth-order valence-corrected chi connectivity index (χ4v) is 3.61. The van der Waals surface area contributed by atoms with Crippen molar-refractivity contribution in [2.45, 2.75) is 33.1 Å². The lowest BCUT2D eigenvalue weighted by Crippen LogP contribution is -2.49. The Morgan fingerprint density at radius 1 is 0.929 bits per heavy atom. The minimum atomic E-state index is -0.355. The summed E-state index contributed by atoms with van der Waals surface area (Å²) in [5, 5.41) is 0. The van der Waals surface area contributed by atoms with Crippen molar-refractivity contribution in [3.05, 3.63) is 65.0 Å². The molecule has 3 rings (SSSR count). The standard InChI is InChI=1S/C23H27FN2O2/c1-17-5-3-6-21(18(17)2)25-13-15-26(16-14-25)23(28)8-4-7-22(27)19-9-11-20(24)12-10-19/h3,5-6,9-12H,4,7-8,13-16H2,1-2H3. The first-order valence-corrected chi connectivity index (χ1v) is 9.83. The first-order chi connectivity index (χ1) is 13.5. The summed E-state index contributed by atoms with van der Waals surface area (Å²) in [4.78, 5) is 28.8. The van der Waals surface area contributed by atoms with E-state index in [-0.39, 0.29) is 17.5 Å². The lowest BCUT2D eigenvalue weighted by atomic mass is 10.0. The van der Waals surface area contributed by atoms with Gasteiger partial charge in [-0.3, -0.25) is 9.59 Å². The predicted molar refractivity (Wildman–Crippen MR) is 109 cm³/mol. The quantitative estimate of drug-likeness (QED) is 0.705. The van der Waals surface area contributed by atoms with Crippen LogP contribution in [0, 0.1) is 19.7 Å². The Bertz CT molecular complexity index is 840. The van der Waals surface area contributed by atoms with E-state index >= 15 is 0 Å². The van der Waals surface area contributed by atoms with Crippen LogP contribution in [0.1, 0.15) is 40.7 Å². The van der Waals surface area contributed by atoms with Gasteiger partial charge in [0.05, 0.1) is 0 Å². The van der Waals surface area contributed by atoms with Crippen LogP contribution in [0.15, 0.2) is 42.5 Å². The zero-order valence-electron chi connectivity index (χ0n) is 16.6. The third-order valence-electron chi connectivity index (χ3n) is 5.51. The average molecular weight is 382 g/mol. The van der Waals surface area contributed by atoms with Crippen molar-refractivity contribution in [1.29, 1.82) is 0 Å². The Kier molecular flexibility index (Phi) is 6.45. The van der Waals surface area contributed by atoms with Gasteiger partial charge in [-0.25, -0.2) is 4.39 Å². The SMILES string of the molecule is Cc1cccc(N2CCN(C(=O)CCCC(=O)c3ccc(F)cc3)CC2)c1C. The highest BCUT2D eigenvalue weighted by molar-refractivity contribution is 5.96. The minimum absolute atomic E-state index is 0.0486. The van der Waals surface area contributed by atoms with Crippen LogP contribution < -0.4 is 4.90 Å². The third-order valence-corrected chi connectivity index (χ3v) is 5.51. The lowest BCUT2D eigenvalue weighted by Gasteiger charge is -2.37. The van der Waals surface area contributed by atoms with E-state index in [0.29, 0.717) is 37.9 Å². The summed E-state index contributed by atoms with van der Waals surface area (Å²) < 4.78 is 12.9. The molecule has 1 aliphatic rings. The van der Waals surface area contributed by atoms with Gasteiger partial charge in [0.1, 0.15) is 5.82 Å². The Morgan fingerprint density at radius 2 is 1.61 bits per heavy atom. The summed E-state index contributed by atoms with van der Waals surface area (Å²) >= 11 is 0. The second-order valence-electron chi connectivity index (χ2n) is 7.37. The van der Waals surface area contributed by atoms with Crippen LogP contribution in [-0.2, 0) is 4.79 Å². The highest BCUT2D eigenvalue weighted by Crippen LogP contribution is 2.24. The van der Waals surface area contributed by atoms with Crippen LogP contribution >= 0.6 is 0 Å². The first kappa shape index (κ1) is 20.1. The van der Waals surface area contributed by atoms with Gasteiger partial charge in [-0.05, 0) is 61.7 Å². The normalized spacial score (nSPS) is 14.2. The molecule has 0 unspecified atom stereocenters. The van der Waals surface area contributed by atoms with Crippen LogP contribution in [0.5, 0.6) is 0 Å². The highest BCUT2D eigenvalue weighted by atomic mass is 19.1. The van der Waals surface area contributed by atoms with E-state index in [1.54, 1.807) is 0 Å². The number of carbonyl (C=O) groups is 2. The van der Waals surface area contributed by atoms with E-state index in [9.17, 15) is 14.0 Å². The van der Waals surface area contributed by atoms with E-state index in [1.807, 2.05) is 4.90 Å². The summed E-state index contributed by atoms with van der Waals surface area (Å²) in [5.41, 5.74) is 4.32. The molecule has 0 saturated carbocycles. The molecule has 1 fully saturated rings. The number of anilines is 1. The summed E-state index contributed by atoms with van der Waals surface area (Å²) in [6.45, 7) is 7.32. The summed E-state index contributed by atoms with van der Waals surface area (Å²) in [6.07, 6.45) is 1.20. The van der Waals surface area contributed by atoms with Crippen molar-refractivity contribution in [2.75, 3.05) is 31.1 Å². The topological polar surface area (TPSA) is 40.6 Å². The molecule has 5 heteroatoms. The van der Waals surface area contributed by atoms with E-state index < -0.39 is 0 Å². The fourth-order valence-electron chi connectivity index (χ4n) is 3.61. The smallest absolute Gasteiger partial charge is 0.222 e. The molecule has 0 aromatic heterocycles. The number of ketones is 1. The van der Waals surface area contributed by atoms with E-state index in [1.165, 1.54) is 41.1 Å². The molecule has 1 aliphatic heterocycles. The highest BCUT2D eigenvalue weighted by Gasteiger charge is 2.22. The van der Waals surface area contributed by atoms with Gasteiger partial charge in [-0.15, -0.1) is 0 Å². The number of benzene rings is 2. The Labute approximate surface area is 166 Å². The zero-order valence-corrected chi connectivity index (χ0v) is 16.6. The molecule has 0 N–H and O–H groups in total. The Hall–Kier alpha value is -2.69. The van der Waals surface area contributed by atoms with Gasteiger partial charge in [0.2, 0.25) is 5.91 Å². The molecule has 0 spiro atoms. The number of piperazine rings is 1. The minimum Gasteiger partial charge on any atom is -0.368 e. The van der Waals surface area contributed by atoms with E-state index in [2.05, 4.69) is 36.9 Å². The molecule has 28 heavy (non-hydrogen) atoms. The van der Waals surface area contributed by atoms with Crippen LogP contribution in [0.25, 0.3) is 0 Å². The van der Waals surface area contributed by atoms with Crippen LogP contribution in [0.4, 0.5) is 10.1 Å². The first-order valence-electron chi connectivity index (χ1n) is 9.83. The zero-order chi connectivity index (χ0) is 20.1. The second-order valence-corrected chi connectivity index (χ2v) is 7.37. The molecule has 0 radical (unpaired) electrons. The van der Waals surface area contributed by atoms with Gasteiger partial charge in [0.25, 0.3) is 0 Å². The summed E-state index contributed by atoms with van der Waals surface area (Å²) in [7, 11) is 0. The number of carbonyl (C=O) groups excluding carboxylic acids is 2. The average Bonchev–Trinajstić information content (AvgIpc) is 2.70. The van der Waals surface area contributed by atoms with Gasteiger partial charge in [0, 0.05) is 50.3 Å². The number of hydrogen-bond acceptors (Lipinski definition) is 3. The molecular weight excluding hydrogens is 355 g/mol. The fraction of sp³-hybridized carbons (Fsp3) is 0.391. The Morgan fingerprint density at radius 3 is 2.29 bits per heavy atom. The maximum absolute atomic E-state index is 12.9. The number of nitrogens with zero attached hydrogens (tertiary/aromatic N) is 2. The van der Waals surface area contributed by atoms with Crippen molar-refractivity contribution in [3.8, 4) is 0 Å². The van der Waals surface area contributed by atoms with E-state index in [4.69, 9.17) is 0 Å². The number of Topliss-reactive ketones (excluding diaryl/α,β-unsaturated/α-hetero) is 1. The maximum atomic E-state index is 12.9. The van der Waals surface area contributed by atoms with Gasteiger partial charge in [0.15, 0.2) is 5.78 Å². The van der Waals surface area contributed by atoms with Crippen molar-refractivity contribution in [1.82, 2.24) is 4.90 Å². The maximum Gasteiger partial charge on any atom is 0.222 e. The molecule has 1 amide bonds. The molecule has 4 nitrogen and oxygen atoms in total. The van der Waals surface area contributed by atoms with Crippen molar-refractivity contribution in [2.24, 2.45) is 0 Å². The van der Waals surface area contributed by atoms with Gasteiger partial charge < -0.3 is 9.80 Å². The molecule has 148 valence electrons. The summed E-state index contributed by atoms with van der Waals surface area (Å²) in [6, 6.07) is 11.9. The van der Waals surface area contributed by atoms with Crippen molar-refractivity contribution in [3.63, 3.8) is 0 Å². The number of aryl methyl sites for hydroxylation is 1. The van der Waals surface area contributed by atoms with Crippen LogP contribution in [-0.4, -0.2) is 42.8 Å². The van der Waals surface area contributed by atoms with Crippen molar-refractivity contribution < 1.29 is 14.0 Å². The largest absolute Gasteiger partial charge is 0.368 e. The molecular formula is C23H27FN2O2. The number of amides is 1. The number of hydrogen-bond donors (Lipinski definition) is 0. The molecule has 2 aromatic rings. The second kappa shape index (κ2) is 9.00. The van der Waals surface area contributed by atoms with Gasteiger partial charge in [-0.1, -0.05) is 12.1 Å². The van der Waals surface area contributed by atoms with Crippen LogP contribution in [0.3, 0.4) is 0 Å². The predicted octanol–water partition coefficient (Wildman–Crippen LogP) is 4.14. The monoisotopic (exact) mass is 382 g/mol. The molecule has 0 aliphatic carbocycles. The third kappa shape index (κ3) is 4.77. The number of rotatable bonds is 6. The lowest BCUT2D eigenvalue weighted by molar-refractivity contribution is -0.131. The van der Waals surface area contributed by atoms with Gasteiger partial charge in [-0.2, -0.15) is 0 Å². The molecule has 0 bridgehead atoms. The molecule has 2 aromatic carbocycles. The molecule has 1 heterocycles. The number of halogens is 1. The Balaban J connectivity index is 1.44. The summed E-state index contributed by atoms with van der Waals surface area (Å²) in [5.74, 6) is -0.299. The molecule has 0 atom stereocenters.